The van der Waals surface area contributed by atoms with E-state index >= 15 is 0 Å². The lowest BCUT2D eigenvalue weighted by atomic mass is 9.99. The molecule has 0 aliphatic carbocycles. The SMILES string of the molecule is Cc1ccc(C)c(C(=O)CCC(=O)NCCC(=O)N2CCCC2)c1. The Morgan fingerprint density at radius 3 is 2.46 bits per heavy atom. The van der Waals surface area contributed by atoms with Gasteiger partial charge in [-0.15, -0.1) is 0 Å². The molecular weight excluding hydrogens is 304 g/mol. The van der Waals surface area contributed by atoms with E-state index in [2.05, 4.69) is 5.32 Å². The van der Waals surface area contributed by atoms with Crippen LogP contribution in [-0.2, 0) is 9.59 Å². The highest BCUT2D eigenvalue weighted by Gasteiger charge is 2.17. The lowest BCUT2D eigenvalue weighted by molar-refractivity contribution is -0.130. The van der Waals surface area contributed by atoms with Gasteiger partial charge in [0.1, 0.15) is 0 Å². The van der Waals surface area contributed by atoms with Gasteiger partial charge >= 0.3 is 0 Å². The van der Waals surface area contributed by atoms with E-state index in [1.165, 1.54) is 0 Å². The van der Waals surface area contributed by atoms with Crippen LogP contribution in [0, 0.1) is 13.8 Å². The van der Waals surface area contributed by atoms with E-state index in [4.69, 9.17) is 0 Å². The molecule has 0 saturated carbocycles. The first-order chi connectivity index (χ1) is 11.5. The molecule has 1 fully saturated rings. The fraction of sp³-hybridized carbons (Fsp3) is 0.526. The molecule has 1 aromatic rings. The van der Waals surface area contributed by atoms with Crippen LogP contribution in [-0.4, -0.2) is 42.1 Å². The van der Waals surface area contributed by atoms with Gasteiger partial charge in [0.15, 0.2) is 5.78 Å². The third-order valence-corrected chi connectivity index (χ3v) is 4.39. The van der Waals surface area contributed by atoms with Gasteiger partial charge in [0.25, 0.3) is 0 Å². The summed E-state index contributed by atoms with van der Waals surface area (Å²) in [6.45, 7) is 5.84. The minimum atomic E-state index is -0.178. The molecule has 0 aromatic heterocycles. The Labute approximate surface area is 143 Å². The normalized spacial score (nSPS) is 13.8. The molecule has 5 heteroatoms. The smallest absolute Gasteiger partial charge is 0.224 e. The molecule has 1 heterocycles. The number of amides is 2. The van der Waals surface area contributed by atoms with Crippen molar-refractivity contribution in [1.82, 2.24) is 10.2 Å². The van der Waals surface area contributed by atoms with Gasteiger partial charge < -0.3 is 10.2 Å². The van der Waals surface area contributed by atoms with Crippen molar-refractivity contribution in [2.75, 3.05) is 19.6 Å². The van der Waals surface area contributed by atoms with E-state index < -0.39 is 0 Å². The third-order valence-electron chi connectivity index (χ3n) is 4.39. The molecule has 0 radical (unpaired) electrons. The van der Waals surface area contributed by atoms with Crippen LogP contribution in [0.2, 0.25) is 0 Å². The summed E-state index contributed by atoms with van der Waals surface area (Å²) in [7, 11) is 0. The molecule has 1 aliphatic heterocycles. The lowest BCUT2D eigenvalue weighted by Crippen LogP contribution is -2.32. The number of nitrogens with zero attached hydrogens (tertiary/aromatic N) is 1. The van der Waals surface area contributed by atoms with Crippen LogP contribution in [0.3, 0.4) is 0 Å². The number of benzene rings is 1. The topological polar surface area (TPSA) is 66.5 Å². The Balaban J connectivity index is 1.70. The van der Waals surface area contributed by atoms with Gasteiger partial charge in [-0.25, -0.2) is 0 Å². The number of aryl methyl sites for hydroxylation is 2. The highest BCUT2D eigenvalue weighted by atomic mass is 16.2. The summed E-state index contributed by atoms with van der Waals surface area (Å²) in [6.07, 6.45) is 2.81. The number of rotatable bonds is 7. The van der Waals surface area contributed by atoms with Gasteiger partial charge in [0, 0.05) is 44.5 Å². The largest absolute Gasteiger partial charge is 0.356 e. The Bertz CT molecular complexity index is 619. The highest BCUT2D eigenvalue weighted by molar-refractivity contribution is 5.99. The monoisotopic (exact) mass is 330 g/mol. The molecular formula is C19H26N2O3. The minimum absolute atomic E-state index is 0.0144. The summed E-state index contributed by atoms with van der Waals surface area (Å²) in [5, 5.41) is 2.73. The zero-order valence-electron chi connectivity index (χ0n) is 14.6. The van der Waals surface area contributed by atoms with Crippen molar-refractivity contribution >= 4 is 17.6 Å². The number of nitrogens with one attached hydrogen (secondary N) is 1. The van der Waals surface area contributed by atoms with Gasteiger partial charge in [-0.3, -0.25) is 14.4 Å². The molecule has 1 aliphatic rings. The zero-order valence-corrected chi connectivity index (χ0v) is 14.6. The molecule has 1 aromatic carbocycles. The van der Waals surface area contributed by atoms with Gasteiger partial charge in [-0.1, -0.05) is 17.7 Å². The maximum atomic E-state index is 12.2. The van der Waals surface area contributed by atoms with Crippen LogP contribution in [0.25, 0.3) is 0 Å². The van der Waals surface area contributed by atoms with E-state index in [9.17, 15) is 14.4 Å². The minimum Gasteiger partial charge on any atom is -0.356 e. The van der Waals surface area contributed by atoms with E-state index in [0.717, 1.165) is 37.1 Å². The molecule has 24 heavy (non-hydrogen) atoms. The quantitative estimate of drug-likeness (QED) is 0.781. The molecule has 2 rings (SSSR count). The fourth-order valence-corrected chi connectivity index (χ4v) is 2.92. The van der Waals surface area contributed by atoms with E-state index in [0.29, 0.717) is 18.5 Å². The molecule has 0 spiro atoms. The summed E-state index contributed by atoms with van der Waals surface area (Å²) < 4.78 is 0. The van der Waals surface area contributed by atoms with E-state index in [-0.39, 0.29) is 30.4 Å². The van der Waals surface area contributed by atoms with Crippen molar-refractivity contribution in [3.63, 3.8) is 0 Å². The Hall–Kier alpha value is -2.17. The molecule has 5 nitrogen and oxygen atoms in total. The van der Waals surface area contributed by atoms with Crippen molar-refractivity contribution in [2.24, 2.45) is 0 Å². The molecule has 130 valence electrons. The second-order valence-corrected chi connectivity index (χ2v) is 6.43. The standard InChI is InChI=1S/C19H26N2O3/c1-14-5-6-15(2)16(13-14)17(22)7-8-18(23)20-10-9-19(24)21-11-3-4-12-21/h5-6,13H,3-4,7-12H2,1-2H3,(H,20,23). The molecule has 0 unspecified atom stereocenters. The number of carbonyl (C=O) groups excluding carboxylic acids is 3. The number of likely N-dealkylation sites (tertiary alicyclic amines) is 1. The molecule has 1 N–H and O–H groups in total. The molecule has 0 atom stereocenters. The van der Waals surface area contributed by atoms with Crippen LogP contribution >= 0.6 is 0 Å². The Morgan fingerprint density at radius 1 is 1.04 bits per heavy atom. The third kappa shape index (κ3) is 5.18. The number of hydrogen-bond acceptors (Lipinski definition) is 3. The van der Waals surface area contributed by atoms with Crippen LogP contribution in [0.1, 0.15) is 53.6 Å². The first-order valence-electron chi connectivity index (χ1n) is 8.62. The first kappa shape index (κ1) is 18.2. The summed E-state index contributed by atoms with van der Waals surface area (Å²) >= 11 is 0. The lowest BCUT2D eigenvalue weighted by Gasteiger charge is -2.15. The highest BCUT2D eigenvalue weighted by Crippen LogP contribution is 2.14. The van der Waals surface area contributed by atoms with Crippen LogP contribution in [0.4, 0.5) is 0 Å². The van der Waals surface area contributed by atoms with Crippen molar-refractivity contribution in [1.29, 1.82) is 0 Å². The number of ketones is 1. The van der Waals surface area contributed by atoms with Gasteiger partial charge in [0.2, 0.25) is 11.8 Å². The van der Waals surface area contributed by atoms with E-state index in [1.54, 1.807) is 0 Å². The van der Waals surface area contributed by atoms with E-state index in [1.807, 2.05) is 36.9 Å². The van der Waals surface area contributed by atoms with Crippen molar-refractivity contribution in [2.45, 2.75) is 46.0 Å². The van der Waals surface area contributed by atoms with Crippen molar-refractivity contribution < 1.29 is 14.4 Å². The fourth-order valence-electron chi connectivity index (χ4n) is 2.92. The van der Waals surface area contributed by atoms with Gasteiger partial charge in [-0.2, -0.15) is 0 Å². The summed E-state index contributed by atoms with van der Waals surface area (Å²) in [6, 6.07) is 5.76. The average molecular weight is 330 g/mol. The number of Topliss-reactive ketones (excluding diaryl/α,β-unsaturated/α-hetero) is 1. The van der Waals surface area contributed by atoms with Crippen molar-refractivity contribution in [3.05, 3.63) is 34.9 Å². The maximum absolute atomic E-state index is 12.2. The van der Waals surface area contributed by atoms with Crippen LogP contribution in [0.15, 0.2) is 18.2 Å². The van der Waals surface area contributed by atoms with Gasteiger partial charge in [0.05, 0.1) is 0 Å². The average Bonchev–Trinajstić information content (AvgIpc) is 3.09. The maximum Gasteiger partial charge on any atom is 0.224 e. The zero-order chi connectivity index (χ0) is 17.5. The second-order valence-electron chi connectivity index (χ2n) is 6.43. The molecule has 0 bridgehead atoms. The first-order valence-corrected chi connectivity index (χ1v) is 8.62. The Kier molecular flexibility index (Phi) is 6.53. The van der Waals surface area contributed by atoms with Crippen LogP contribution < -0.4 is 5.32 Å². The number of hydrogen-bond donors (Lipinski definition) is 1. The number of carbonyl (C=O) groups is 3. The van der Waals surface area contributed by atoms with Crippen LogP contribution in [0.5, 0.6) is 0 Å². The molecule has 2 amide bonds. The Morgan fingerprint density at radius 2 is 1.75 bits per heavy atom. The summed E-state index contributed by atoms with van der Waals surface area (Å²) in [5.74, 6) is -0.0957. The molecule has 1 saturated heterocycles. The van der Waals surface area contributed by atoms with Crippen molar-refractivity contribution in [3.8, 4) is 0 Å². The van der Waals surface area contributed by atoms with Gasteiger partial charge in [-0.05, 0) is 38.3 Å². The summed E-state index contributed by atoms with van der Waals surface area (Å²) in [4.78, 5) is 37.8. The predicted octanol–water partition coefficient (Wildman–Crippen LogP) is 2.40. The summed E-state index contributed by atoms with van der Waals surface area (Å²) in [5.41, 5.74) is 2.66. The predicted molar refractivity (Wildman–Crippen MR) is 92.9 cm³/mol. The second kappa shape index (κ2) is 8.62.